The Morgan fingerprint density at radius 3 is 2.56 bits per heavy atom. The molecule has 1 aromatic rings. The van der Waals surface area contributed by atoms with Crippen molar-refractivity contribution in [1.29, 1.82) is 0 Å². The second-order valence-electron chi connectivity index (χ2n) is 8.95. The summed E-state index contributed by atoms with van der Waals surface area (Å²) in [7, 11) is 0. The number of allylic oxidation sites excluding steroid dienone is 1. The maximum absolute atomic E-state index is 13.4. The summed E-state index contributed by atoms with van der Waals surface area (Å²) in [5.41, 5.74) is 3.52. The number of hydrogen-bond donors (Lipinski definition) is 0. The Hall–Kier alpha value is -2.23. The van der Waals surface area contributed by atoms with Gasteiger partial charge in [-0.05, 0) is 37.7 Å². The molecule has 5 aliphatic rings. The number of hydrazone groups is 1. The summed E-state index contributed by atoms with van der Waals surface area (Å²) in [6.07, 6.45) is 10.4. The Morgan fingerprint density at radius 2 is 1.74 bits per heavy atom. The van der Waals surface area contributed by atoms with E-state index in [0.29, 0.717) is 23.7 Å². The molecular formula is C23H25N3O. The van der Waals surface area contributed by atoms with Crippen molar-refractivity contribution in [1.82, 2.24) is 5.01 Å². The van der Waals surface area contributed by atoms with Crippen molar-refractivity contribution >= 4 is 17.5 Å². The van der Waals surface area contributed by atoms with Gasteiger partial charge in [-0.3, -0.25) is 9.79 Å². The van der Waals surface area contributed by atoms with Crippen LogP contribution in [0.4, 0.5) is 0 Å². The molecule has 2 fully saturated rings. The van der Waals surface area contributed by atoms with Gasteiger partial charge >= 0.3 is 0 Å². The van der Waals surface area contributed by atoms with E-state index in [9.17, 15) is 4.79 Å². The van der Waals surface area contributed by atoms with Crippen LogP contribution >= 0.6 is 0 Å². The molecule has 2 heterocycles. The number of nitrogens with zero attached hydrogens (tertiary/aromatic N) is 3. The lowest BCUT2D eigenvalue weighted by molar-refractivity contribution is -0.134. The van der Waals surface area contributed by atoms with Gasteiger partial charge in [-0.25, -0.2) is 0 Å². The molecule has 6 rings (SSSR count). The van der Waals surface area contributed by atoms with Crippen molar-refractivity contribution in [3.05, 3.63) is 47.5 Å². The van der Waals surface area contributed by atoms with E-state index in [4.69, 9.17) is 10.1 Å². The fraction of sp³-hybridized carbons (Fsp3) is 0.522. The SMILES string of the molecule is Cc1ccc(C2=NN3C(=O)[C@@H]4[C@H](N=C3[C@H]3CCCC[C@@H]23)[C@@H]2C=C[C@H]4C2)cc1. The third-order valence-electron chi connectivity index (χ3n) is 7.41. The van der Waals surface area contributed by atoms with E-state index in [1.54, 1.807) is 5.01 Å². The average molecular weight is 359 g/mol. The largest absolute Gasteiger partial charge is 0.272 e. The maximum Gasteiger partial charge on any atom is 0.254 e. The summed E-state index contributed by atoms with van der Waals surface area (Å²) in [5.74, 6) is 2.74. The molecule has 3 aliphatic carbocycles. The third kappa shape index (κ3) is 2.19. The van der Waals surface area contributed by atoms with Gasteiger partial charge in [-0.1, -0.05) is 54.8 Å². The average Bonchev–Trinajstić information content (AvgIpc) is 3.31. The Labute approximate surface area is 160 Å². The molecule has 2 aliphatic heterocycles. The molecule has 1 aromatic carbocycles. The second-order valence-corrected chi connectivity index (χ2v) is 8.95. The van der Waals surface area contributed by atoms with Crippen molar-refractivity contribution in [2.24, 2.45) is 39.7 Å². The van der Waals surface area contributed by atoms with Crippen LogP contribution in [0.25, 0.3) is 0 Å². The van der Waals surface area contributed by atoms with E-state index >= 15 is 0 Å². The smallest absolute Gasteiger partial charge is 0.254 e. The lowest BCUT2D eigenvalue weighted by atomic mass is 9.72. The zero-order valence-electron chi connectivity index (χ0n) is 15.7. The van der Waals surface area contributed by atoms with Gasteiger partial charge in [0.25, 0.3) is 5.91 Å². The highest BCUT2D eigenvalue weighted by atomic mass is 16.2. The molecule has 1 amide bonds. The molecule has 6 atom stereocenters. The van der Waals surface area contributed by atoms with Gasteiger partial charge in [0.2, 0.25) is 0 Å². The fourth-order valence-electron chi connectivity index (χ4n) is 6.06. The van der Waals surface area contributed by atoms with Crippen LogP contribution in [0.5, 0.6) is 0 Å². The van der Waals surface area contributed by atoms with Crippen molar-refractivity contribution in [2.45, 2.75) is 45.1 Å². The molecule has 0 saturated heterocycles. The van der Waals surface area contributed by atoms with E-state index in [-0.39, 0.29) is 17.9 Å². The minimum atomic E-state index is 0.00640. The standard InChI is InChI=1S/C23H25N3O/c1-13-6-8-14(9-7-13)20-17-4-2-3-5-18(17)22-24-21-16-11-10-15(12-16)19(21)23(27)26(22)25-20/h6-11,15-19,21H,2-5,12H2,1H3/t15-,16+,17+,18-,19-,21+/m0/s1. The number of aliphatic imine (C=N–C) groups is 1. The Kier molecular flexibility index (Phi) is 3.30. The predicted molar refractivity (Wildman–Crippen MR) is 105 cm³/mol. The topological polar surface area (TPSA) is 45.0 Å². The minimum Gasteiger partial charge on any atom is -0.272 e. The van der Waals surface area contributed by atoms with Crippen LogP contribution in [-0.2, 0) is 4.79 Å². The van der Waals surface area contributed by atoms with E-state index in [2.05, 4.69) is 43.3 Å². The Morgan fingerprint density at radius 1 is 1.00 bits per heavy atom. The molecule has 27 heavy (non-hydrogen) atoms. The Bertz CT molecular complexity index is 897. The van der Waals surface area contributed by atoms with Gasteiger partial charge in [0.15, 0.2) is 0 Å². The fourth-order valence-corrected chi connectivity index (χ4v) is 6.06. The molecule has 0 radical (unpaired) electrons. The number of fused-ring (bicyclic) bond motifs is 8. The highest BCUT2D eigenvalue weighted by Crippen LogP contribution is 2.50. The van der Waals surface area contributed by atoms with Crippen LogP contribution in [-0.4, -0.2) is 28.5 Å². The summed E-state index contributed by atoms with van der Waals surface area (Å²) in [4.78, 5) is 18.6. The number of carbonyl (C=O) groups is 1. The van der Waals surface area contributed by atoms with Crippen molar-refractivity contribution in [3.8, 4) is 0 Å². The number of aryl methyl sites for hydroxylation is 1. The summed E-state index contributed by atoms with van der Waals surface area (Å²) >= 11 is 0. The van der Waals surface area contributed by atoms with Crippen LogP contribution in [0, 0.1) is 36.5 Å². The molecule has 138 valence electrons. The summed E-state index contributed by atoms with van der Waals surface area (Å²) in [6, 6.07) is 8.79. The molecule has 4 nitrogen and oxygen atoms in total. The molecular weight excluding hydrogens is 334 g/mol. The number of amidine groups is 1. The highest BCUT2D eigenvalue weighted by molar-refractivity contribution is 6.12. The molecule has 4 heteroatoms. The van der Waals surface area contributed by atoms with Crippen molar-refractivity contribution in [2.75, 3.05) is 0 Å². The molecule has 0 unspecified atom stereocenters. The van der Waals surface area contributed by atoms with E-state index in [1.807, 2.05) is 0 Å². The van der Waals surface area contributed by atoms with Gasteiger partial charge < -0.3 is 0 Å². The zero-order valence-corrected chi connectivity index (χ0v) is 15.7. The van der Waals surface area contributed by atoms with E-state index in [0.717, 1.165) is 30.8 Å². The number of amides is 1. The molecule has 2 bridgehead atoms. The van der Waals surface area contributed by atoms with E-state index < -0.39 is 0 Å². The molecule has 0 aromatic heterocycles. The first-order valence-corrected chi connectivity index (χ1v) is 10.5. The Balaban J connectivity index is 1.48. The third-order valence-corrected chi connectivity index (χ3v) is 7.41. The second kappa shape index (κ2) is 5.63. The highest BCUT2D eigenvalue weighted by Gasteiger charge is 2.55. The first kappa shape index (κ1) is 15.8. The van der Waals surface area contributed by atoms with Gasteiger partial charge in [0, 0.05) is 17.8 Å². The summed E-state index contributed by atoms with van der Waals surface area (Å²) < 4.78 is 0. The van der Waals surface area contributed by atoms with Crippen LogP contribution in [0.2, 0.25) is 0 Å². The quantitative estimate of drug-likeness (QED) is 0.700. The van der Waals surface area contributed by atoms with Crippen molar-refractivity contribution in [3.63, 3.8) is 0 Å². The lowest BCUT2D eigenvalue weighted by Crippen LogP contribution is -2.55. The van der Waals surface area contributed by atoms with Gasteiger partial charge in [0.1, 0.15) is 5.84 Å². The molecule has 2 saturated carbocycles. The predicted octanol–water partition coefficient (Wildman–Crippen LogP) is 3.95. The van der Waals surface area contributed by atoms with Gasteiger partial charge in [-0.15, -0.1) is 0 Å². The lowest BCUT2D eigenvalue weighted by Gasteiger charge is -2.44. The van der Waals surface area contributed by atoms with Crippen molar-refractivity contribution < 1.29 is 4.79 Å². The molecule has 0 spiro atoms. The zero-order chi connectivity index (χ0) is 18.1. The van der Waals surface area contributed by atoms with Gasteiger partial charge in [0.05, 0.1) is 17.7 Å². The number of hydrogen-bond acceptors (Lipinski definition) is 3. The number of benzene rings is 1. The monoisotopic (exact) mass is 359 g/mol. The first-order chi connectivity index (χ1) is 13.2. The van der Waals surface area contributed by atoms with E-state index in [1.165, 1.54) is 24.0 Å². The van der Waals surface area contributed by atoms with Gasteiger partial charge in [-0.2, -0.15) is 10.1 Å². The maximum atomic E-state index is 13.4. The normalized spacial score (nSPS) is 38.9. The summed E-state index contributed by atoms with van der Waals surface area (Å²) in [6.45, 7) is 2.11. The van der Waals surface area contributed by atoms with Crippen LogP contribution in [0.1, 0.15) is 43.2 Å². The van der Waals surface area contributed by atoms with Crippen LogP contribution < -0.4 is 0 Å². The minimum absolute atomic E-state index is 0.00640. The van der Waals surface area contributed by atoms with Crippen LogP contribution in [0.3, 0.4) is 0 Å². The number of carbonyl (C=O) groups excluding carboxylic acids is 1. The summed E-state index contributed by atoms with van der Waals surface area (Å²) in [5, 5.41) is 6.68. The first-order valence-electron chi connectivity index (χ1n) is 10.5. The number of rotatable bonds is 1. The molecule has 0 N–H and O–H groups in total. The van der Waals surface area contributed by atoms with Crippen LogP contribution in [0.15, 0.2) is 46.5 Å².